The predicted octanol–water partition coefficient (Wildman–Crippen LogP) is 5.50. The third kappa shape index (κ3) is 6.74. The first-order valence-corrected chi connectivity index (χ1v) is 8.74. The minimum atomic E-state index is -0.302. The number of esters is 1. The van der Waals surface area contributed by atoms with Crippen LogP contribution in [-0.2, 0) is 4.79 Å². The summed E-state index contributed by atoms with van der Waals surface area (Å²) in [4.78, 5) is 10.7. The fraction of sp³-hybridized carbons (Fsp3) is 0.0556. The monoisotopic (exact) mass is 534 g/mol. The fourth-order valence-corrected chi connectivity index (χ4v) is 2.72. The smallest absolute Gasteiger partial charge is 0.308 e. The van der Waals surface area contributed by atoms with Crippen LogP contribution in [0.25, 0.3) is 12.2 Å². The summed E-state index contributed by atoms with van der Waals surface area (Å²) in [5.41, 5.74) is 2.04. The van der Waals surface area contributed by atoms with Crippen LogP contribution in [0, 0.1) is 7.14 Å². The summed E-state index contributed by atoms with van der Waals surface area (Å²) < 4.78 is 6.73. The van der Waals surface area contributed by atoms with Crippen LogP contribution in [0.4, 0.5) is 0 Å². The van der Waals surface area contributed by atoms with Crippen LogP contribution in [0.15, 0.2) is 49.6 Å². The number of benzene rings is 2. The number of hydrogen-bond acceptors (Lipinski definition) is 3. The lowest BCUT2D eigenvalue weighted by Crippen LogP contribution is -2.02. The molecule has 0 aliphatic heterocycles. The number of carbonyl (C=O) groups is 1. The Balaban J connectivity index is 0.000000238. The average Bonchev–Trinajstić information content (AvgIpc) is 2.52. The molecular formula is C18H16I2O3. The van der Waals surface area contributed by atoms with Crippen molar-refractivity contribution in [2.45, 2.75) is 6.92 Å². The summed E-state index contributed by atoms with van der Waals surface area (Å²) in [6, 6.07) is 10.9. The molecule has 23 heavy (non-hydrogen) atoms. The number of ether oxygens (including phenoxy) is 1. The van der Waals surface area contributed by atoms with Gasteiger partial charge in [-0.3, -0.25) is 4.79 Å². The highest BCUT2D eigenvalue weighted by atomic mass is 127. The van der Waals surface area contributed by atoms with Crippen LogP contribution in [-0.4, -0.2) is 11.1 Å². The van der Waals surface area contributed by atoms with Crippen molar-refractivity contribution in [2.24, 2.45) is 0 Å². The Morgan fingerprint density at radius 2 is 1.57 bits per heavy atom. The van der Waals surface area contributed by atoms with E-state index >= 15 is 0 Å². The van der Waals surface area contributed by atoms with E-state index in [0.29, 0.717) is 11.5 Å². The average molecular weight is 534 g/mol. The molecule has 2 rings (SSSR count). The maximum absolute atomic E-state index is 10.7. The number of phenolic OH excluding ortho intramolecular Hbond substituents is 1. The lowest BCUT2D eigenvalue weighted by molar-refractivity contribution is -0.131. The Labute approximate surface area is 163 Å². The van der Waals surface area contributed by atoms with Crippen LogP contribution in [0.1, 0.15) is 18.1 Å². The fourth-order valence-electron chi connectivity index (χ4n) is 1.53. The summed E-state index contributed by atoms with van der Waals surface area (Å²) in [6.07, 6.45) is 3.50. The highest BCUT2D eigenvalue weighted by Gasteiger charge is 2.03. The Kier molecular flexibility index (Phi) is 8.32. The number of hydrogen-bond donors (Lipinski definition) is 1. The normalized spacial score (nSPS) is 9.35. The van der Waals surface area contributed by atoms with Gasteiger partial charge < -0.3 is 9.84 Å². The maximum atomic E-state index is 10.7. The van der Waals surface area contributed by atoms with Gasteiger partial charge in [0.05, 0.1) is 7.14 Å². The van der Waals surface area contributed by atoms with E-state index in [2.05, 4.69) is 58.3 Å². The summed E-state index contributed by atoms with van der Waals surface area (Å²) in [7, 11) is 0. The molecule has 0 aliphatic rings. The topological polar surface area (TPSA) is 46.5 Å². The van der Waals surface area contributed by atoms with Crippen LogP contribution in [0.3, 0.4) is 0 Å². The van der Waals surface area contributed by atoms with Crippen molar-refractivity contribution >= 4 is 63.3 Å². The van der Waals surface area contributed by atoms with Crippen molar-refractivity contribution in [1.82, 2.24) is 0 Å². The third-order valence-electron chi connectivity index (χ3n) is 2.65. The van der Waals surface area contributed by atoms with Gasteiger partial charge in [-0.1, -0.05) is 37.4 Å². The minimum absolute atomic E-state index is 0.302. The van der Waals surface area contributed by atoms with E-state index in [9.17, 15) is 4.79 Å². The van der Waals surface area contributed by atoms with Crippen LogP contribution >= 0.6 is 45.2 Å². The van der Waals surface area contributed by atoms with Gasteiger partial charge in [-0.25, -0.2) is 0 Å². The molecule has 0 atom stereocenters. The Bertz CT molecular complexity index is 724. The first-order chi connectivity index (χ1) is 10.9. The Hall–Kier alpha value is -1.35. The molecule has 0 radical (unpaired) electrons. The van der Waals surface area contributed by atoms with E-state index < -0.39 is 0 Å². The van der Waals surface area contributed by atoms with Crippen molar-refractivity contribution in [2.75, 3.05) is 0 Å². The number of phenols is 1. The number of carbonyl (C=O) groups excluding carboxylic acids is 1. The second-order valence-corrected chi connectivity index (χ2v) is 6.73. The molecule has 0 amide bonds. The quantitative estimate of drug-likeness (QED) is 0.322. The van der Waals surface area contributed by atoms with Crippen molar-refractivity contribution in [3.8, 4) is 11.5 Å². The van der Waals surface area contributed by atoms with Gasteiger partial charge in [0.1, 0.15) is 11.5 Å². The first-order valence-electron chi connectivity index (χ1n) is 6.58. The molecule has 0 fully saturated rings. The van der Waals surface area contributed by atoms with Gasteiger partial charge >= 0.3 is 5.97 Å². The maximum Gasteiger partial charge on any atom is 0.308 e. The van der Waals surface area contributed by atoms with Gasteiger partial charge in [0, 0.05) is 6.92 Å². The molecule has 0 heterocycles. The van der Waals surface area contributed by atoms with Crippen molar-refractivity contribution in [3.63, 3.8) is 0 Å². The molecule has 0 unspecified atom stereocenters. The Morgan fingerprint density at radius 1 is 1.04 bits per heavy atom. The summed E-state index contributed by atoms with van der Waals surface area (Å²) in [5.74, 6) is 0.620. The van der Waals surface area contributed by atoms with E-state index in [1.165, 1.54) is 6.92 Å². The molecule has 2 aromatic carbocycles. The van der Waals surface area contributed by atoms with Crippen molar-refractivity contribution in [1.29, 1.82) is 0 Å². The third-order valence-corrected chi connectivity index (χ3v) is 4.36. The highest BCUT2D eigenvalue weighted by molar-refractivity contribution is 14.1. The zero-order valence-corrected chi connectivity index (χ0v) is 16.9. The minimum Gasteiger partial charge on any atom is -0.507 e. The molecule has 0 aliphatic carbocycles. The molecule has 0 saturated carbocycles. The van der Waals surface area contributed by atoms with Gasteiger partial charge in [-0.05, 0) is 80.6 Å². The van der Waals surface area contributed by atoms with Crippen molar-refractivity contribution in [3.05, 3.63) is 67.8 Å². The molecule has 0 bridgehead atoms. The number of rotatable bonds is 3. The summed E-state index contributed by atoms with van der Waals surface area (Å²) >= 11 is 4.19. The summed E-state index contributed by atoms with van der Waals surface area (Å²) in [5, 5.41) is 9.10. The second-order valence-electron chi connectivity index (χ2n) is 4.40. The molecule has 1 N–H and O–H groups in total. The van der Waals surface area contributed by atoms with E-state index in [0.717, 1.165) is 18.3 Å². The largest absolute Gasteiger partial charge is 0.507 e. The number of aromatic hydroxyl groups is 1. The van der Waals surface area contributed by atoms with Gasteiger partial charge in [-0.2, -0.15) is 0 Å². The van der Waals surface area contributed by atoms with E-state index in [-0.39, 0.29) is 5.97 Å². The van der Waals surface area contributed by atoms with Crippen LogP contribution in [0.2, 0.25) is 0 Å². The predicted molar refractivity (Wildman–Crippen MR) is 111 cm³/mol. The van der Waals surface area contributed by atoms with E-state index in [1.54, 1.807) is 24.3 Å². The zero-order chi connectivity index (χ0) is 17.4. The SMILES string of the molecule is C=Cc1ccc(O)c(I)c1.C=Cc1ccc(OC(C)=O)c(I)c1. The van der Waals surface area contributed by atoms with Gasteiger partial charge in [0.25, 0.3) is 0 Å². The molecule has 120 valence electrons. The molecule has 2 aromatic rings. The first kappa shape index (κ1) is 19.7. The van der Waals surface area contributed by atoms with Gasteiger partial charge in [0.15, 0.2) is 0 Å². The van der Waals surface area contributed by atoms with Gasteiger partial charge in [0.2, 0.25) is 0 Å². The standard InChI is InChI=1S/C10H9IO2.C8H7IO/c1-3-8-4-5-10(9(11)6-8)13-7(2)12;1-2-6-3-4-8(10)7(9)5-6/h3-6H,1H2,2H3;2-5,10H,1H2. The highest BCUT2D eigenvalue weighted by Crippen LogP contribution is 2.22. The van der Waals surface area contributed by atoms with Crippen LogP contribution < -0.4 is 4.74 Å². The summed E-state index contributed by atoms with van der Waals surface area (Å²) in [6.45, 7) is 8.65. The van der Waals surface area contributed by atoms with Crippen molar-refractivity contribution < 1.29 is 14.6 Å². The molecule has 0 spiro atoms. The van der Waals surface area contributed by atoms with E-state index in [4.69, 9.17) is 9.84 Å². The molecular weight excluding hydrogens is 518 g/mol. The zero-order valence-electron chi connectivity index (χ0n) is 12.6. The molecule has 5 heteroatoms. The van der Waals surface area contributed by atoms with Gasteiger partial charge in [-0.15, -0.1) is 0 Å². The lowest BCUT2D eigenvalue weighted by atomic mass is 10.2. The van der Waals surface area contributed by atoms with E-state index in [1.807, 2.05) is 24.3 Å². The number of halogens is 2. The molecule has 0 aromatic heterocycles. The van der Waals surface area contributed by atoms with Crippen LogP contribution in [0.5, 0.6) is 11.5 Å². The Morgan fingerprint density at radius 3 is 2.00 bits per heavy atom. The molecule has 0 saturated heterocycles. The second kappa shape index (κ2) is 9.71. The lowest BCUT2D eigenvalue weighted by Gasteiger charge is -2.04. The molecule has 3 nitrogen and oxygen atoms in total.